The smallest absolute Gasteiger partial charge is 0.252 e. The molecule has 0 aliphatic carbocycles. The molecule has 1 unspecified atom stereocenters. The molecule has 90 valence electrons. The van der Waals surface area contributed by atoms with Gasteiger partial charge in [-0.2, -0.15) is 11.8 Å². The largest absolute Gasteiger partial charge is 0.350 e. The van der Waals surface area contributed by atoms with Crippen LogP contribution in [0.25, 0.3) is 0 Å². The van der Waals surface area contributed by atoms with Gasteiger partial charge in [-0.25, -0.2) is 0 Å². The molecule has 1 aromatic rings. The van der Waals surface area contributed by atoms with Gasteiger partial charge < -0.3 is 5.32 Å². The lowest BCUT2D eigenvalue weighted by molar-refractivity contribution is 0.0940. The summed E-state index contributed by atoms with van der Waals surface area (Å²) >= 11 is 5.75. The zero-order valence-electron chi connectivity index (χ0n) is 9.46. The lowest BCUT2D eigenvalue weighted by Crippen LogP contribution is -2.32. The molecule has 0 aromatic carbocycles. The first-order valence-electron chi connectivity index (χ1n) is 5.26. The first-order valence-corrected chi connectivity index (χ1v) is 8.37. The summed E-state index contributed by atoms with van der Waals surface area (Å²) in [7, 11) is 0. The van der Waals surface area contributed by atoms with E-state index < -0.39 is 0 Å². The van der Waals surface area contributed by atoms with Gasteiger partial charge in [0.05, 0.1) is 8.45 Å². The summed E-state index contributed by atoms with van der Waals surface area (Å²) < 4.78 is 1.15. The molecule has 1 heterocycles. The number of carbonyl (C=O) groups is 1. The lowest BCUT2D eigenvalue weighted by Gasteiger charge is -2.12. The molecule has 1 aromatic heterocycles. The van der Waals surface area contributed by atoms with Crippen molar-refractivity contribution < 1.29 is 4.79 Å². The van der Waals surface area contributed by atoms with Crippen molar-refractivity contribution in [2.45, 2.75) is 26.3 Å². The molecule has 0 fully saturated rings. The average Bonchev–Trinajstić information content (AvgIpc) is 2.65. The summed E-state index contributed by atoms with van der Waals surface area (Å²) in [5.41, 5.74) is 0.782. The molecular formula is C11H16INOS2. The zero-order chi connectivity index (χ0) is 12.0. The maximum absolute atomic E-state index is 11.8. The van der Waals surface area contributed by atoms with Gasteiger partial charge in [0.25, 0.3) is 5.91 Å². The molecule has 0 spiro atoms. The van der Waals surface area contributed by atoms with Gasteiger partial charge in [0.1, 0.15) is 0 Å². The number of halogens is 1. The highest BCUT2D eigenvalue weighted by Gasteiger charge is 2.10. The number of rotatable bonds is 6. The Bertz CT molecular complexity index is 340. The van der Waals surface area contributed by atoms with E-state index in [-0.39, 0.29) is 11.9 Å². The predicted molar refractivity (Wildman–Crippen MR) is 81.6 cm³/mol. The van der Waals surface area contributed by atoms with Crippen LogP contribution in [0.15, 0.2) is 11.4 Å². The Kier molecular flexibility index (Phi) is 6.75. The molecule has 1 N–H and O–H groups in total. The summed E-state index contributed by atoms with van der Waals surface area (Å²) in [6.07, 6.45) is 1.03. The highest BCUT2D eigenvalue weighted by atomic mass is 127. The van der Waals surface area contributed by atoms with E-state index in [9.17, 15) is 4.79 Å². The average molecular weight is 369 g/mol. The molecule has 0 aliphatic rings. The van der Waals surface area contributed by atoms with Gasteiger partial charge in [-0.05, 0) is 53.5 Å². The van der Waals surface area contributed by atoms with E-state index in [1.54, 1.807) is 11.3 Å². The van der Waals surface area contributed by atoms with Crippen molar-refractivity contribution in [2.24, 2.45) is 0 Å². The second-order valence-electron chi connectivity index (χ2n) is 3.50. The molecule has 0 saturated carbocycles. The third-order valence-electron chi connectivity index (χ3n) is 2.11. The highest BCUT2D eigenvalue weighted by molar-refractivity contribution is 14.1. The number of carbonyl (C=O) groups excluding carboxylic acids is 1. The quantitative estimate of drug-likeness (QED) is 0.613. The molecule has 0 aliphatic heterocycles. The number of thioether (sulfide) groups is 1. The predicted octanol–water partition coefficient (Wildman–Crippen LogP) is 3.61. The van der Waals surface area contributed by atoms with Crippen molar-refractivity contribution in [3.8, 4) is 0 Å². The lowest BCUT2D eigenvalue weighted by atomic mass is 10.2. The van der Waals surface area contributed by atoms with Crippen LogP contribution in [0.5, 0.6) is 0 Å². The second-order valence-corrected chi connectivity index (χ2v) is 7.70. The molecule has 1 amide bonds. The molecule has 16 heavy (non-hydrogen) atoms. The Hall–Kier alpha value is 0.250. The van der Waals surface area contributed by atoms with Crippen molar-refractivity contribution in [2.75, 3.05) is 11.5 Å². The number of thiophene rings is 1. The van der Waals surface area contributed by atoms with Crippen molar-refractivity contribution in [1.29, 1.82) is 0 Å². The first kappa shape index (κ1) is 14.3. The highest BCUT2D eigenvalue weighted by Crippen LogP contribution is 2.16. The fourth-order valence-corrected chi connectivity index (χ4v) is 3.35. The number of nitrogens with one attached hydrogen (secondary N) is 1. The van der Waals surface area contributed by atoms with E-state index in [2.05, 4.69) is 41.8 Å². The van der Waals surface area contributed by atoms with E-state index >= 15 is 0 Å². The first-order chi connectivity index (χ1) is 7.63. The van der Waals surface area contributed by atoms with Gasteiger partial charge in [-0.3, -0.25) is 4.79 Å². The molecule has 5 heteroatoms. The van der Waals surface area contributed by atoms with Gasteiger partial charge in [-0.15, -0.1) is 11.3 Å². The summed E-state index contributed by atoms with van der Waals surface area (Å²) in [4.78, 5) is 11.8. The normalized spacial score (nSPS) is 12.4. The van der Waals surface area contributed by atoms with Crippen molar-refractivity contribution >= 4 is 51.6 Å². The van der Waals surface area contributed by atoms with E-state index in [0.29, 0.717) is 0 Å². The van der Waals surface area contributed by atoms with E-state index in [0.717, 1.165) is 26.4 Å². The van der Waals surface area contributed by atoms with Gasteiger partial charge in [-0.1, -0.05) is 6.92 Å². The Balaban J connectivity index is 2.33. The Labute approximate surface area is 119 Å². The van der Waals surface area contributed by atoms with Gasteiger partial charge in [0, 0.05) is 11.4 Å². The number of hydrogen-bond acceptors (Lipinski definition) is 3. The van der Waals surface area contributed by atoms with Crippen LogP contribution < -0.4 is 5.32 Å². The monoisotopic (exact) mass is 369 g/mol. The van der Waals surface area contributed by atoms with Gasteiger partial charge in [0.2, 0.25) is 0 Å². The number of amides is 1. The van der Waals surface area contributed by atoms with Crippen molar-refractivity contribution in [1.82, 2.24) is 5.32 Å². The molecule has 0 saturated heterocycles. The fraction of sp³-hybridized carbons (Fsp3) is 0.545. The van der Waals surface area contributed by atoms with E-state index in [1.807, 2.05) is 23.2 Å². The maximum atomic E-state index is 11.8. The molecule has 1 atom stereocenters. The molecular weight excluding hydrogens is 353 g/mol. The third-order valence-corrected chi connectivity index (χ3v) is 4.83. The minimum atomic E-state index is 0.0492. The molecule has 0 bridgehead atoms. The maximum Gasteiger partial charge on any atom is 0.252 e. The summed E-state index contributed by atoms with van der Waals surface area (Å²) in [5.74, 6) is 2.30. The van der Waals surface area contributed by atoms with Crippen LogP contribution in [0, 0.1) is 2.88 Å². The standard InChI is InChI=1S/C11H16INOS2/c1-3-15-5-4-8(2)13-11(14)9-6-10(12)16-7-9/h6-8H,3-5H2,1-2H3,(H,13,14). The van der Waals surface area contributed by atoms with Crippen LogP contribution in [0.4, 0.5) is 0 Å². The molecule has 1 rings (SSSR count). The zero-order valence-corrected chi connectivity index (χ0v) is 13.2. The Morgan fingerprint density at radius 3 is 3.00 bits per heavy atom. The minimum Gasteiger partial charge on any atom is -0.350 e. The van der Waals surface area contributed by atoms with Crippen LogP contribution >= 0.6 is 45.7 Å². The van der Waals surface area contributed by atoms with Crippen LogP contribution in [0.1, 0.15) is 30.6 Å². The summed E-state index contributed by atoms with van der Waals surface area (Å²) in [5, 5.41) is 4.93. The van der Waals surface area contributed by atoms with Crippen molar-refractivity contribution in [3.05, 3.63) is 19.9 Å². The summed E-state index contributed by atoms with van der Waals surface area (Å²) in [6.45, 7) is 4.21. The minimum absolute atomic E-state index is 0.0492. The number of hydrogen-bond donors (Lipinski definition) is 1. The Morgan fingerprint density at radius 2 is 2.44 bits per heavy atom. The van der Waals surface area contributed by atoms with Crippen LogP contribution in [-0.4, -0.2) is 23.5 Å². The van der Waals surface area contributed by atoms with Crippen LogP contribution in [0.2, 0.25) is 0 Å². The fourth-order valence-electron chi connectivity index (χ4n) is 1.21. The van der Waals surface area contributed by atoms with Crippen LogP contribution in [0.3, 0.4) is 0 Å². The van der Waals surface area contributed by atoms with E-state index in [4.69, 9.17) is 0 Å². The molecule has 2 nitrogen and oxygen atoms in total. The van der Waals surface area contributed by atoms with Crippen LogP contribution in [-0.2, 0) is 0 Å². The third kappa shape index (κ3) is 5.05. The Morgan fingerprint density at radius 1 is 1.69 bits per heavy atom. The summed E-state index contributed by atoms with van der Waals surface area (Å²) in [6, 6.07) is 2.18. The van der Waals surface area contributed by atoms with Gasteiger partial charge >= 0.3 is 0 Å². The van der Waals surface area contributed by atoms with Gasteiger partial charge in [0.15, 0.2) is 0 Å². The second kappa shape index (κ2) is 7.55. The SMILES string of the molecule is CCSCCC(C)NC(=O)c1csc(I)c1. The topological polar surface area (TPSA) is 29.1 Å². The van der Waals surface area contributed by atoms with Crippen molar-refractivity contribution in [3.63, 3.8) is 0 Å². The molecule has 0 radical (unpaired) electrons. The van der Waals surface area contributed by atoms with E-state index in [1.165, 1.54) is 0 Å².